The molecular weight excluding hydrogens is 196 g/mol. The highest BCUT2D eigenvalue weighted by Crippen LogP contribution is 2.07. The van der Waals surface area contributed by atoms with Crippen molar-refractivity contribution in [1.82, 2.24) is 0 Å². The molecule has 0 unspecified atom stereocenters. The van der Waals surface area contributed by atoms with Gasteiger partial charge in [0.05, 0.1) is 6.61 Å². The maximum Gasteiger partial charge on any atom is 0.227 e. The smallest absolute Gasteiger partial charge is 0.227 e. The van der Waals surface area contributed by atoms with Crippen molar-refractivity contribution in [2.75, 3.05) is 6.61 Å². The summed E-state index contributed by atoms with van der Waals surface area (Å²) in [4.78, 5) is 11.4. The van der Waals surface area contributed by atoms with Crippen LogP contribution in [0.15, 0.2) is 33.7 Å². The van der Waals surface area contributed by atoms with E-state index in [0.29, 0.717) is 13.0 Å². The topological polar surface area (TPSA) is 59.7 Å². The summed E-state index contributed by atoms with van der Waals surface area (Å²) < 4.78 is 10.1. The molecule has 0 saturated carbocycles. The maximum atomic E-state index is 11.4. The summed E-state index contributed by atoms with van der Waals surface area (Å²) in [5.74, 6) is 0.390. The molecule has 4 nitrogen and oxygen atoms in total. The van der Waals surface area contributed by atoms with Gasteiger partial charge in [0.25, 0.3) is 0 Å². The molecule has 0 radical (unpaired) electrons. The predicted octanol–water partition coefficient (Wildman–Crippen LogP) is 1.48. The van der Waals surface area contributed by atoms with E-state index in [-0.39, 0.29) is 23.5 Å². The molecule has 15 heavy (non-hydrogen) atoms. The summed E-state index contributed by atoms with van der Waals surface area (Å²) >= 11 is 0. The van der Waals surface area contributed by atoms with Crippen LogP contribution in [0.3, 0.4) is 0 Å². The second kappa shape index (κ2) is 5.36. The van der Waals surface area contributed by atoms with Crippen molar-refractivity contribution < 1.29 is 14.3 Å². The van der Waals surface area contributed by atoms with Gasteiger partial charge in [-0.05, 0) is 6.92 Å². The molecule has 0 aliphatic carbocycles. The Balaban J connectivity index is 2.62. The Morgan fingerprint density at radius 1 is 1.67 bits per heavy atom. The van der Waals surface area contributed by atoms with Crippen LogP contribution in [-0.2, 0) is 6.61 Å². The van der Waals surface area contributed by atoms with E-state index in [1.165, 1.54) is 12.3 Å². The lowest BCUT2D eigenvalue weighted by molar-refractivity contribution is 0.237. The number of hydrogen-bond donors (Lipinski definition) is 1. The SMILES string of the molecule is C=C(C)CCOc1coc(CO)cc1=O. The van der Waals surface area contributed by atoms with Crippen LogP contribution in [0.1, 0.15) is 19.1 Å². The van der Waals surface area contributed by atoms with Gasteiger partial charge in [0.2, 0.25) is 11.2 Å². The normalized spacial score (nSPS) is 10.0. The molecule has 0 aliphatic rings. The molecule has 1 N–H and O–H groups in total. The Morgan fingerprint density at radius 3 is 2.93 bits per heavy atom. The molecule has 1 heterocycles. The van der Waals surface area contributed by atoms with Crippen LogP contribution in [0.4, 0.5) is 0 Å². The van der Waals surface area contributed by atoms with E-state index in [0.717, 1.165) is 5.57 Å². The molecule has 0 fully saturated rings. The molecule has 4 heteroatoms. The third-order valence-corrected chi connectivity index (χ3v) is 1.79. The number of aliphatic hydroxyl groups excluding tert-OH is 1. The largest absolute Gasteiger partial charge is 0.486 e. The monoisotopic (exact) mass is 210 g/mol. The minimum Gasteiger partial charge on any atom is -0.486 e. The second-order valence-corrected chi connectivity index (χ2v) is 3.29. The molecule has 0 aliphatic heterocycles. The Kier molecular flexibility index (Phi) is 4.12. The zero-order chi connectivity index (χ0) is 11.3. The molecule has 1 aromatic heterocycles. The van der Waals surface area contributed by atoms with Crippen molar-refractivity contribution in [3.8, 4) is 5.75 Å². The molecule has 82 valence electrons. The predicted molar refractivity (Wildman–Crippen MR) is 55.8 cm³/mol. The molecule has 0 bridgehead atoms. The summed E-state index contributed by atoms with van der Waals surface area (Å²) in [6, 6.07) is 1.22. The molecule has 1 rings (SSSR count). The average Bonchev–Trinajstić information content (AvgIpc) is 2.20. The number of rotatable bonds is 5. The van der Waals surface area contributed by atoms with E-state index < -0.39 is 0 Å². The van der Waals surface area contributed by atoms with E-state index in [4.69, 9.17) is 14.3 Å². The van der Waals surface area contributed by atoms with Crippen LogP contribution in [-0.4, -0.2) is 11.7 Å². The van der Waals surface area contributed by atoms with Crippen molar-refractivity contribution in [2.24, 2.45) is 0 Å². The highest BCUT2D eigenvalue weighted by molar-refractivity contribution is 5.17. The minimum absolute atomic E-state index is 0.161. The van der Waals surface area contributed by atoms with Crippen molar-refractivity contribution >= 4 is 0 Å². The van der Waals surface area contributed by atoms with Gasteiger partial charge in [0.15, 0.2) is 0 Å². The van der Waals surface area contributed by atoms with Gasteiger partial charge in [0, 0.05) is 12.5 Å². The first-order valence-corrected chi connectivity index (χ1v) is 4.63. The third kappa shape index (κ3) is 3.59. The van der Waals surface area contributed by atoms with Gasteiger partial charge < -0.3 is 14.3 Å². The van der Waals surface area contributed by atoms with Crippen LogP contribution in [0.25, 0.3) is 0 Å². The molecule has 0 atom stereocenters. The van der Waals surface area contributed by atoms with E-state index in [2.05, 4.69) is 6.58 Å². The zero-order valence-electron chi connectivity index (χ0n) is 8.66. The Bertz CT molecular complexity index is 392. The average molecular weight is 210 g/mol. The van der Waals surface area contributed by atoms with Gasteiger partial charge in [-0.1, -0.05) is 5.57 Å². The minimum atomic E-state index is -0.290. The molecule has 1 aromatic rings. The van der Waals surface area contributed by atoms with Crippen LogP contribution in [0.2, 0.25) is 0 Å². The van der Waals surface area contributed by atoms with Crippen molar-refractivity contribution in [3.63, 3.8) is 0 Å². The summed E-state index contributed by atoms with van der Waals surface area (Å²) in [6.07, 6.45) is 1.91. The van der Waals surface area contributed by atoms with Gasteiger partial charge in [-0.25, -0.2) is 0 Å². The summed E-state index contributed by atoms with van der Waals surface area (Å²) in [5.41, 5.74) is 0.707. The quantitative estimate of drug-likeness (QED) is 0.748. The van der Waals surface area contributed by atoms with E-state index in [1.807, 2.05) is 6.92 Å². The first-order valence-electron chi connectivity index (χ1n) is 4.63. The third-order valence-electron chi connectivity index (χ3n) is 1.79. The van der Waals surface area contributed by atoms with Gasteiger partial charge in [-0.3, -0.25) is 4.79 Å². The fourth-order valence-electron chi connectivity index (χ4n) is 0.962. The lowest BCUT2D eigenvalue weighted by atomic mass is 10.3. The molecule has 0 saturated heterocycles. The first kappa shape index (κ1) is 11.5. The summed E-state index contributed by atoms with van der Waals surface area (Å²) in [5, 5.41) is 8.72. The van der Waals surface area contributed by atoms with Gasteiger partial charge >= 0.3 is 0 Å². The lowest BCUT2D eigenvalue weighted by Gasteiger charge is -2.04. The molecule has 0 aromatic carbocycles. The Hall–Kier alpha value is -1.55. The Morgan fingerprint density at radius 2 is 2.40 bits per heavy atom. The standard InChI is InChI=1S/C11H14O4/c1-8(2)3-4-14-11-7-15-9(6-12)5-10(11)13/h5,7,12H,1,3-4,6H2,2H3. The maximum absolute atomic E-state index is 11.4. The van der Waals surface area contributed by atoms with E-state index in [9.17, 15) is 4.79 Å². The fraction of sp³-hybridized carbons (Fsp3) is 0.364. The van der Waals surface area contributed by atoms with Gasteiger partial charge in [-0.15, -0.1) is 6.58 Å². The van der Waals surface area contributed by atoms with Crippen molar-refractivity contribution in [1.29, 1.82) is 0 Å². The molecule has 0 amide bonds. The number of ether oxygens (including phenoxy) is 1. The molecule has 0 spiro atoms. The highest BCUT2D eigenvalue weighted by Gasteiger charge is 2.03. The number of hydrogen-bond acceptors (Lipinski definition) is 4. The van der Waals surface area contributed by atoms with Gasteiger partial charge in [-0.2, -0.15) is 0 Å². The van der Waals surface area contributed by atoms with Crippen LogP contribution < -0.4 is 10.2 Å². The van der Waals surface area contributed by atoms with E-state index >= 15 is 0 Å². The lowest BCUT2D eigenvalue weighted by Crippen LogP contribution is -2.09. The Labute approximate surface area is 87.8 Å². The first-order chi connectivity index (χ1) is 7.13. The second-order valence-electron chi connectivity index (χ2n) is 3.29. The number of aliphatic hydroxyl groups is 1. The fourth-order valence-corrected chi connectivity index (χ4v) is 0.962. The summed E-state index contributed by atoms with van der Waals surface area (Å²) in [6.45, 7) is 5.72. The van der Waals surface area contributed by atoms with Crippen LogP contribution in [0.5, 0.6) is 5.75 Å². The van der Waals surface area contributed by atoms with Gasteiger partial charge in [0.1, 0.15) is 18.6 Å². The van der Waals surface area contributed by atoms with Crippen molar-refractivity contribution in [2.45, 2.75) is 20.0 Å². The van der Waals surface area contributed by atoms with Crippen LogP contribution in [0, 0.1) is 0 Å². The summed E-state index contributed by atoms with van der Waals surface area (Å²) in [7, 11) is 0. The molecular formula is C11H14O4. The zero-order valence-corrected chi connectivity index (χ0v) is 8.66. The van der Waals surface area contributed by atoms with Crippen LogP contribution >= 0.6 is 0 Å². The van der Waals surface area contributed by atoms with Crippen molar-refractivity contribution in [3.05, 3.63) is 40.5 Å². The van der Waals surface area contributed by atoms with E-state index in [1.54, 1.807) is 0 Å². The highest BCUT2D eigenvalue weighted by atomic mass is 16.5.